The molecule has 94 valence electrons. The zero-order valence-corrected chi connectivity index (χ0v) is 10.9. The van der Waals surface area contributed by atoms with E-state index in [1.807, 2.05) is 6.92 Å². The molecule has 2 N–H and O–H groups in total. The first-order valence-corrected chi connectivity index (χ1v) is 6.67. The van der Waals surface area contributed by atoms with Crippen LogP contribution in [-0.2, 0) is 6.42 Å². The molecule has 1 unspecified atom stereocenters. The van der Waals surface area contributed by atoms with Crippen molar-refractivity contribution in [3.05, 3.63) is 29.3 Å². The van der Waals surface area contributed by atoms with Crippen molar-refractivity contribution in [3.63, 3.8) is 0 Å². The monoisotopic (exact) mass is 233 g/mol. The Morgan fingerprint density at radius 3 is 2.71 bits per heavy atom. The van der Waals surface area contributed by atoms with Crippen molar-refractivity contribution in [1.82, 2.24) is 0 Å². The highest BCUT2D eigenvalue weighted by Crippen LogP contribution is 2.28. The van der Waals surface area contributed by atoms with E-state index in [9.17, 15) is 0 Å². The number of hydrogen-bond acceptors (Lipinski definition) is 2. The molecule has 0 amide bonds. The van der Waals surface area contributed by atoms with Gasteiger partial charge in [0.15, 0.2) is 0 Å². The fraction of sp³-hybridized carbons (Fsp3) is 0.600. The Bertz CT molecular complexity index is 367. The highest BCUT2D eigenvalue weighted by Gasteiger charge is 2.18. The second-order valence-electron chi connectivity index (χ2n) is 5.32. The van der Waals surface area contributed by atoms with Gasteiger partial charge in [-0.25, -0.2) is 0 Å². The van der Waals surface area contributed by atoms with Crippen molar-refractivity contribution in [2.75, 3.05) is 0 Å². The highest BCUT2D eigenvalue weighted by molar-refractivity contribution is 5.37. The van der Waals surface area contributed by atoms with Gasteiger partial charge in [0.25, 0.3) is 0 Å². The summed E-state index contributed by atoms with van der Waals surface area (Å²) < 4.78 is 6.11. The van der Waals surface area contributed by atoms with Crippen LogP contribution in [0.4, 0.5) is 0 Å². The summed E-state index contributed by atoms with van der Waals surface area (Å²) in [5.41, 5.74) is 8.43. The molecule has 1 saturated carbocycles. The van der Waals surface area contributed by atoms with E-state index in [0.717, 1.165) is 12.2 Å². The first-order valence-electron chi connectivity index (χ1n) is 6.67. The van der Waals surface area contributed by atoms with Crippen molar-refractivity contribution in [3.8, 4) is 5.75 Å². The maximum atomic E-state index is 6.11. The van der Waals surface area contributed by atoms with Crippen LogP contribution in [0.3, 0.4) is 0 Å². The Labute approximate surface area is 104 Å². The van der Waals surface area contributed by atoms with Gasteiger partial charge in [0.2, 0.25) is 0 Å². The Morgan fingerprint density at radius 1 is 1.35 bits per heavy atom. The van der Waals surface area contributed by atoms with Crippen LogP contribution in [0.15, 0.2) is 18.2 Å². The van der Waals surface area contributed by atoms with Gasteiger partial charge in [-0.15, -0.1) is 0 Å². The predicted octanol–water partition coefficient (Wildman–Crippen LogP) is 3.21. The molecule has 1 fully saturated rings. The van der Waals surface area contributed by atoms with Crippen molar-refractivity contribution in [2.24, 2.45) is 5.73 Å². The summed E-state index contributed by atoms with van der Waals surface area (Å²) in [5, 5.41) is 0. The minimum Gasteiger partial charge on any atom is -0.490 e. The summed E-state index contributed by atoms with van der Waals surface area (Å²) in [5.74, 6) is 1.04. The predicted molar refractivity (Wildman–Crippen MR) is 71.4 cm³/mol. The van der Waals surface area contributed by atoms with Crippen LogP contribution in [0.2, 0.25) is 0 Å². The van der Waals surface area contributed by atoms with Gasteiger partial charge in [-0.3, -0.25) is 0 Å². The Kier molecular flexibility index (Phi) is 4.06. The van der Waals surface area contributed by atoms with Gasteiger partial charge in [-0.1, -0.05) is 17.7 Å². The maximum absolute atomic E-state index is 6.11. The van der Waals surface area contributed by atoms with Gasteiger partial charge in [0.05, 0.1) is 6.10 Å². The third-order valence-corrected chi connectivity index (χ3v) is 3.35. The molecule has 0 aliphatic heterocycles. The Morgan fingerprint density at radius 2 is 2.06 bits per heavy atom. The van der Waals surface area contributed by atoms with Crippen LogP contribution in [0.25, 0.3) is 0 Å². The second-order valence-corrected chi connectivity index (χ2v) is 5.32. The van der Waals surface area contributed by atoms with E-state index in [1.165, 1.54) is 36.8 Å². The summed E-state index contributed by atoms with van der Waals surface area (Å²) >= 11 is 0. The van der Waals surface area contributed by atoms with E-state index < -0.39 is 0 Å². The minimum atomic E-state index is 0.183. The molecule has 0 bridgehead atoms. The van der Waals surface area contributed by atoms with Crippen molar-refractivity contribution < 1.29 is 4.74 Å². The second kappa shape index (κ2) is 5.54. The minimum absolute atomic E-state index is 0.183. The molecule has 1 aliphatic carbocycles. The summed E-state index contributed by atoms with van der Waals surface area (Å²) in [6, 6.07) is 6.61. The molecule has 0 saturated heterocycles. The first-order chi connectivity index (χ1) is 8.15. The molecule has 17 heavy (non-hydrogen) atoms. The zero-order chi connectivity index (χ0) is 12.3. The zero-order valence-electron chi connectivity index (χ0n) is 10.9. The van der Waals surface area contributed by atoms with E-state index in [4.69, 9.17) is 10.5 Å². The number of hydrogen-bond donors (Lipinski definition) is 1. The first kappa shape index (κ1) is 12.4. The lowest BCUT2D eigenvalue weighted by atomic mass is 10.0. The van der Waals surface area contributed by atoms with E-state index in [2.05, 4.69) is 25.1 Å². The maximum Gasteiger partial charge on any atom is 0.122 e. The van der Waals surface area contributed by atoms with Gasteiger partial charge in [-0.2, -0.15) is 0 Å². The fourth-order valence-corrected chi connectivity index (χ4v) is 2.52. The third kappa shape index (κ3) is 3.47. The molecule has 0 radical (unpaired) electrons. The normalized spacial score (nSPS) is 18.3. The summed E-state index contributed by atoms with van der Waals surface area (Å²) in [6.45, 7) is 4.16. The van der Waals surface area contributed by atoms with Crippen LogP contribution in [0.1, 0.15) is 43.7 Å². The van der Waals surface area contributed by atoms with Crippen LogP contribution in [0.5, 0.6) is 5.75 Å². The largest absolute Gasteiger partial charge is 0.490 e. The lowest BCUT2D eigenvalue weighted by Crippen LogP contribution is -2.19. The van der Waals surface area contributed by atoms with Crippen LogP contribution in [-0.4, -0.2) is 12.1 Å². The molecule has 1 atom stereocenters. The molecular formula is C15H23NO. The molecule has 1 aromatic rings. The average molecular weight is 233 g/mol. The molecule has 0 spiro atoms. The van der Waals surface area contributed by atoms with Crippen LogP contribution in [0, 0.1) is 6.92 Å². The molecule has 2 heteroatoms. The van der Waals surface area contributed by atoms with Gasteiger partial charge in [-0.05, 0) is 57.6 Å². The summed E-state index contributed by atoms with van der Waals surface area (Å²) in [7, 11) is 0. The number of aryl methyl sites for hydroxylation is 1. The molecule has 2 nitrogen and oxygen atoms in total. The smallest absolute Gasteiger partial charge is 0.122 e. The number of nitrogens with two attached hydrogens (primary N) is 1. The molecule has 1 aromatic carbocycles. The van der Waals surface area contributed by atoms with Gasteiger partial charge in [0.1, 0.15) is 5.75 Å². The molecule has 0 aromatic heterocycles. The Hall–Kier alpha value is -1.02. The average Bonchev–Trinajstić information content (AvgIpc) is 2.74. The van der Waals surface area contributed by atoms with E-state index in [0.29, 0.717) is 6.10 Å². The third-order valence-electron chi connectivity index (χ3n) is 3.35. The van der Waals surface area contributed by atoms with Crippen LogP contribution >= 0.6 is 0 Å². The van der Waals surface area contributed by atoms with Crippen molar-refractivity contribution >= 4 is 0 Å². The highest BCUT2D eigenvalue weighted by atomic mass is 16.5. The van der Waals surface area contributed by atoms with Gasteiger partial charge in [0, 0.05) is 6.04 Å². The number of ether oxygens (including phenoxy) is 1. The SMILES string of the molecule is Cc1ccc(OC2CCCC2)c(CC(C)N)c1. The molecule has 1 aliphatic rings. The molecule has 0 heterocycles. The lowest BCUT2D eigenvalue weighted by Gasteiger charge is -2.18. The summed E-state index contributed by atoms with van der Waals surface area (Å²) in [6.07, 6.45) is 6.32. The Balaban J connectivity index is 2.13. The fourth-order valence-electron chi connectivity index (χ4n) is 2.52. The van der Waals surface area contributed by atoms with Crippen LogP contribution < -0.4 is 10.5 Å². The molecule has 2 rings (SSSR count). The quantitative estimate of drug-likeness (QED) is 0.866. The summed E-state index contributed by atoms with van der Waals surface area (Å²) in [4.78, 5) is 0. The number of benzene rings is 1. The standard InChI is InChI=1S/C15H23NO/c1-11-7-8-15(13(9-11)10-12(2)16)17-14-5-3-4-6-14/h7-9,12,14H,3-6,10,16H2,1-2H3. The molecular weight excluding hydrogens is 210 g/mol. The van der Waals surface area contributed by atoms with Gasteiger partial charge < -0.3 is 10.5 Å². The van der Waals surface area contributed by atoms with E-state index in [-0.39, 0.29) is 6.04 Å². The van der Waals surface area contributed by atoms with E-state index in [1.54, 1.807) is 0 Å². The van der Waals surface area contributed by atoms with Gasteiger partial charge >= 0.3 is 0 Å². The lowest BCUT2D eigenvalue weighted by molar-refractivity contribution is 0.207. The van der Waals surface area contributed by atoms with Crippen molar-refractivity contribution in [1.29, 1.82) is 0 Å². The topological polar surface area (TPSA) is 35.2 Å². The van der Waals surface area contributed by atoms with Crippen molar-refractivity contribution in [2.45, 2.75) is 58.1 Å². The number of rotatable bonds is 4. The van der Waals surface area contributed by atoms with E-state index >= 15 is 0 Å².